The Kier molecular flexibility index (Phi) is 5.76. The van der Waals surface area contributed by atoms with Crippen LogP contribution in [-0.2, 0) is 9.47 Å². The highest BCUT2D eigenvalue weighted by Gasteiger charge is 2.45. The lowest BCUT2D eigenvalue weighted by molar-refractivity contribution is -0.309. The van der Waals surface area contributed by atoms with Gasteiger partial charge in [0.25, 0.3) is 0 Å². The number of hydrogen-bond acceptors (Lipinski definition) is 6. The molecule has 7 atom stereocenters. The van der Waals surface area contributed by atoms with Gasteiger partial charge in [-0.15, -0.1) is 0 Å². The Labute approximate surface area is 130 Å². The van der Waals surface area contributed by atoms with E-state index in [1.54, 1.807) is 0 Å². The van der Waals surface area contributed by atoms with Gasteiger partial charge < -0.3 is 29.9 Å². The molecule has 126 valence electrons. The molecular weight excluding hydrogens is 288 g/mol. The largest absolute Gasteiger partial charge is 0.394 e. The van der Waals surface area contributed by atoms with E-state index >= 15 is 0 Å². The second-order valence-electron chi connectivity index (χ2n) is 6.30. The lowest BCUT2D eigenvalue weighted by atomic mass is 9.81. The predicted molar refractivity (Wildman–Crippen MR) is 79.9 cm³/mol. The van der Waals surface area contributed by atoms with Crippen molar-refractivity contribution in [3.63, 3.8) is 0 Å². The molecule has 0 amide bonds. The van der Waals surface area contributed by atoms with Crippen LogP contribution in [0.15, 0.2) is 24.3 Å². The SMILES string of the molecule is C=C(C)C1CCC(=C)C(OC2OC(CO)C(O)C(O)C2O)C1. The average Bonchev–Trinajstić information content (AvgIpc) is 2.49. The van der Waals surface area contributed by atoms with Gasteiger partial charge in [0, 0.05) is 0 Å². The van der Waals surface area contributed by atoms with Gasteiger partial charge in [0.05, 0.1) is 12.7 Å². The van der Waals surface area contributed by atoms with E-state index in [1.165, 1.54) is 0 Å². The maximum Gasteiger partial charge on any atom is 0.187 e. The lowest BCUT2D eigenvalue weighted by Gasteiger charge is -2.42. The molecule has 6 heteroatoms. The summed E-state index contributed by atoms with van der Waals surface area (Å²) < 4.78 is 11.2. The van der Waals surface area contributed by atoms with Crippen molar-refractivity contribution in [1.29, 1.82) is 0 Å². The zero-order valence-corrected chi connectivity index (χ0v) is 12.9. The third-order valence-corrected chi connectivity index (χ3v) is 4.61. The first-order valence-corrected chi connectivity index (χ1v) is 7.64. The maximum atomic E-state index is 10.0. The summed E-state index contributed by atoms with van der Waals surface area (Å²) in [7, 11) is 0. The van der Waals surface area contributed by atoms with E-state index in [4.69, 9.17) is 9.47 Å². The van der Waals surface area contributed by atoms with Gasteiger partial charge in [0.2, 0.25) is 0 Å². The Hall–Kier alpha value is -0.760. The lowest BCUT2D eigenvalue weighted by Crippen LogP contribution is -2.59. The van der Waals surface area contributed by atoms with Crippen molar-refractivity contribution in [2.75, 3.05) is 6.61 Å². The molecule has 0 radical (unpaired) electrons. The van der Waals surface area contributed by atoms with Crippen molar-refractivity contribution in [2.24, 2.45) is 5.92 Å². The zero-order chi connectivity index (χ0) is 16.4. The van der Waals surface area contributed by atoms with Gasteiger partial charge in [0.15, 0.2) is 6.29 Å². The topological polar surface area (TPSA) is 99.4 Å². The van der Waals surface area contributed by atoms with Crippen molar-refractivity contribution in [2.45, 2.75) is 63.0 Å². The van der Waals surface area contributed by atoms with E-state index < -0.39 is 37.3 Å². The Morgan fingerprint density at radius 2 is 1.95 bits per heavy atom. The Bertz CT molecular complexity index is 421. The summed E-state index contributed by atoms with van der Waals surface area (Å²) in [5, 5.41) is 38.8. The van der Waals surface area contributed by atoms with Crippen molar-refractivity contribution in [3.05, 3.63) is 24.3 Å². The van der Waals surface area contributed by atoms with Crippen LogP contribution in [0.4, 0.5) is 0 Å². The van der Waals surface area contributed by atoms with Crippen LogP contribution in [0.25, 0.3) is 0 Å². The summed E-state index contributed by atoms with van der Waals surface area (Å²) in [6, 6.07) is 0. The summed E-state index contributed by atoms with van der Waals surface area (Å²) in [5.74, 6) is 0.320. The van der Waals surface area contributed by atoms with Gasteiger partial charge >= 0.3 is 0 Å². The van der Waals surface area contributed by atoms with E-state index in [0.717, 1.165) is 24.0 Å². The Morgan fingerprint density at radius 3 is 2.55 bits per heavy atom. The molecule has 1 aliphatic heterocycles. The highest BCUT2D eigenvalue weighted by molar-refractivity contribution is 5.12. The number of allylic oxidation sites excluding steroid dienone is 1. The average molecular weight is 314 g/mol. The molecule has 7 unspecified atom stereocenters. The fourth-order valence-electron chi connectivity index (χ4n) is 3.00. The standard InChI is InChI=1S/C16H26O6/c1-8(2)10-5-4-9(3)11(6-10)21-16-15(20)14(19)13(18)12(7-17)22-16/h10-20H,1,3-7H2,2H3. The van der Waals surface area contributed by atoms with Crippen LogP contribution in [-0.4, -0.2) is 63.8 Å². The monoisotopic (exact) mass is 314 g/mol. The molecule has 1 saturated carbocycles. The highest BCUT2D eigenvalue weighted by atomic mass is 16.7. The molecule has 1 saturated heterocycles. The van der Waals surface area contributed by atoms with E-state index in [2.05, 4.69) is 13.2 Å². The summed E-state index contributed by atoms with van der Waals surface area (Å²) in [4.78, 5) is 0. The smallest absolute Gasteiger partial charge is 0.187 e. The summed E-state index contributed by atoms with van der Waals surface area (Å²) in [6.07, 6.45) is -4.08. The van der Waals surface area contributed by atoms with Gasteiger partial charge in [0.1, 0.15) is 24.4 Å². The molecular formula is C16H26O6. The van der Waals surface area contributed by atoms with Crippen molar-refractivity contribution >= 4 is 0 Å². The van der Waals surface area contributed by atoms with Gasteiger partial charge in [-0.3, -0.25) is 0 Å². The van der Waals surface area contributed by atoms with Crippen LogP contribution in [0.2, 0.25) is 0 Å². The Morgan fingerprint density at radius 1 is 1.27 bits per heavy atom. The van der Waals surface area contributed by atoms with E-state index in [0.29, 0.717) is 12.3 Å². The molecule has 0 aromatic heterocycles. The minimum atomic E-state index is -1.43. The highest BCUT2D eigenvalue weighted by Crippen LogP contribution is 2.35. The molecule has 1 aliphatic carbocycles. The van der Waals surface area contributed by atoms with Gasteiger partial charge in [-0.1, -0.05) is 18.7 Å². The third-order valence-electron chi connectivity index (χ3n) is 4.61. The molecule has 2 aliphatic rings. The van der Waals surface area contributed by atoms with Gasteiger partial charge in [-0.2, -0.15) is 0 Å². The minimum Gasteiger partial charge on any atom is -0.394 e. The normalized spacial score (nSPS) is 43.1. The molecule has 6 nitrogen and oxygen atoms in total. The number of hydrogen-bond donors (Lipinski definition) is 4. The van der Waals surface area contributed by atoms with Crippen LogP contribution in [0.1, 0.15) is 26.2 Å². The molecule has 22 heavy (non-hydrogen) atoms. The van der Waals surface area contributed by atoms with Crippen LogP contribution < -0.4 is 0 Å². The zero-order valence-electron chi connectivity index (χ0n) is 12.9. The maximum absolute atomic E-state index is 10.0. The summed E-state index contributed by atoms with van der Waals surface area (Å²) >= 11 is 0. The molecule has 0 spiro atoms. The second-order valence-corrected chi connectivity index (χ2v) is 6.30. The van der Waals surface area contributed by atoms with E-state index in [9.17, 15) is 20.4 Å². The number of aliphatic hydroxyl groups is 4. The molecule has 1 heterocycles. The third kappa shape index (κ3) is 3.59. The molecule has 0 aromatic rings. The molecule has 2 fully saturated rings. The van der Waals surface area contributed by atoms with Crippen LogP contribution >= 0.6 is 0 Å². The summed E-state index contributed by atoms with van der Waals surface area (Å²) in [6.45, 7) is 9.48. The van der Waals surface area contributed by atoms with Crippen molar-refractivity contribution in [1.82, 2.24) is 0 Å². The predicted octanol–water partition coefficient (Wildman–Crippen LogP) is 0.104. The number of ether oxygens (including phenoxy) is 2. The van der Waals surface area contributed by atoms with Crippen molar-refractivity contribution in [3.8, 4) is 0 Å². The van der Waals surface area contributed by atoms with Gasteiger partial charge in [-0.05, 0) is 37.7 Å². The minimum absolute atomic E-state index is 0.308. The first-order chi connectivity index (χ1) is 10.3. The molecule has 2 rings (SSSR count). The molecule has 0 aromatic carbocycles. The van der Waals surface area contributed by atoms with Crippen LogP contribution in [0, 0.1) is 5.92 Å². The second kappa shape index (κ2) is 7.21. The Balaban J connectivity index is 2.04. The fraction of sp³-hybridized carbons (Fsp3) is 0.750. The molecule has 4 N–H and O–H groups in total. The van der Waals surface area contributed by atoms with E-state index in [-0.39, 0.29) is 6.10 Å². The molecule has 0 bridgehead atoms. The quantitative estimate of drug-likeness (QED) is 0.550. The first-order valence-electron chi connectivity index (χ1n) is 7.64. The van der Waals surface area contributed by atoms with Gasteiger partial charge in [-0.25, -0.2) is 0 Å². The van der Waals surface area contributed by atoms with Crippen molar-refractivity contribution < 1.29 is 29.9 Å². The summed E-state index contributed by atoms with van der Waals surface area (Å²) in [5.41, 5.74) is 1.99. The van der Waals surface area contributed by atoms with Crippen LogP contribution in [0.5, 0.6) is 0 Å². The number of aliphatic hydroxyl groups excluding tert-OH is 4. The van der Waals surface area contributed by atoms with Crippen LogP contribution in [0.3, 0.4) is 0 Å². The first kappa shape index (κ1) is 17.6. The number of rotatable bonds is 4. The fourth-order valence-corrected chi connectivity index (χ4v) is 3.00. The van der Waals surface area contributed by atoms with E-state index in [1.807, 2.05) is 6.92 Å².